The third-order valence-electron chi connectivity index (χ3n) is 4.18. The Morgan fingerprint density at radius 2 is 1.11 bits per heavy atom. The van der Waals surface area contributed by atoms with Gasteiger partial charge < -0.3 is 0 Å². The average Bonchev–Trinajstić information content (AvgIpc) is 2.75. The van der Waals surface area contributed by atoms with Crippen LogP contribution in [0.2, 0.25) is 0 Å². The van der Waals surface area contributed by atoms with Gasteiger partial charge in [-0.15, -0.1) is 9.78 Å². The molecule has 0 aliphatic rings. The summed E-state index contributed by atoms with van der Waals surface area (Å²) < 4.78 is 0. The minimum absolute atomic E-state index is 0.362. The van der Waals surface area contributed by atoms with Crippen molar-refractivity contribution in [3.05, 3.63) is 70.8 Å². The number of aryl methyl sites for hydroxylation is 2. The van der Waals surface area contributed by atoms with E-state index in [0.29, 0.717) is 24.0 Å². The zero-order valence-corrected chi connectivity index (χ0v) is 16.5. The van der Waals surface area contributed by atoms with Gasteiger partial charge in [0.25, 0.3) is 0 Å². The van der Waals surface area contributed by atoms with Gasteiger partial charge in [-0.2, -0.15) is 0 Å². The van der Waals surface area contributed by atoms with Crippen LogP contribution in [0.25, 0.3) is 0 Å². The topological polar surface area (TPSA) is 71.1 Å². The molecule has 0 radical (unpaired) electrons. The standard InChI is InChI=1S/C22H26O6/c1-4-7-20(25-27-21(23)18-12-8-16(5-2)9-13-18)26-28-22(24)19-14-10-17(6-3)11-15-19/h8-15,20H,4-7H2,1-3H3. The molecule has 0 spiro atoms. The number of carbonyl (C=O) groups excluding carboxylic acids is 2. The summed E-state index contributed by atoms with van der Waals surface area (Å²) >= 11 is 0. The molecule has 28 heavy (non-hydrogen) atoms. The van der Waals surface area contributed by atoms with Crippen LogP contribution in [-0.4, -0.2) is 18.2 Å². The van der Waals surface area contributed by atoms with E-state index >= 15 is 0 Å². The summed E-state index contributed by atoms with van der Waals surface area (Å²) in [5, 5.41) is 0. The van der Waals surface area contributed by atoms with E-state index in [1.807, 2.05) is 45.0 Å². The molecule has 0 amide bonds. The van der Waals surface area contributed by atoms with Crippen LogP contribution in [0, 0.1) is 0 Å². The molecule has 2 aromatic rings. The molecular formula is C22H26O6. The van der Waals surface area contributed by atoms with Gasteiger partial charge in [-0.05, 0) is 48.2 Å². The Balaban J connectivity index is 1.85. The Morgan fingerprint density at radius 1 is 0.714 bits per heavy atom. The minimum Gasteiger partial charge on any atom is -0.290 e. The Kier molecular flexibility index (Phi) is 8.65. The first-order chi connectivity index (χ1) is 13.6. The second-order valence-corrected chi connectivity index (χ2v) is 6.25. The smallest absolute Gasteiger partial charge is 0.290 e. The first kappa shape index (κ1) is 21.6. The molecule has 0 saturated heterocycles. The van der Waals surface area contributed by atoms with E-state index in [4.69, 9.17) is 19.6 Å². The number of carbonyl (C=O) groups is 2. The summed E-state index contributed by atoms with van der Waals surface area (Å²) in [6, 6.07) is 14.1. The number of hydrogen-bond donors (Lipinski definition) is 0. The van der Waals surface area contributed by atoms with Crippen LogP contribution in [0.1, 0.15) is 65.5 Å². The second-order valence-electron chi connectivity index (χ2n) is 6.25. The molecule has 0 N–H and O–H groups in total. The monoisotopic (exact) mass is 386 g/mol. The molecule has 0 fully saturated rings. The average molecular weight is 386 g/mol. The first-order valence-electron chi connectivity index (χ1n) is 9.50. The van der Waals surface area contributed by atoms with Crippen LogP contribution in [-0.2, 0) is 32.4 Å². The van der Waals surface area contributed by atoms with Gasteiger partial charge in [0, 0.05) is 6.42 Å². The SMILES string of the molecule is CCCC(OOC(=O)c1ccc(CC)cc1)OOC(=O)c1ccc(CC)cc1. The van der Waals surface area contributed by atoms with Crippen molar-refractivity contribution < 1.29 is 29.1 Å². The summed E-state index contributed by atoms with van der Waals surface area (Å²) in [4.78, 5) is 43.8. The normalized spacial score (nSPS) is 10.7. The van der Waals surface area contributed by atoms with Crippen molar-refractivity contribution in [1.82, 2.24) is 0 Å². The zero-order chi connectivity index (χ0) is 20.4. The Morgan fingerprint density at radius 3 is 1.43 bits per heavy atom. The number of rotatable bonds is 10. The third-order valence-corrected chi connectivity index (χ3v) is 4.18. The molecule has 0 unspecified atom stereocenters. The fraction of sp³-hybridized carbons (Fsp3) is 0.364. The summed E-state index contributed by atoms with van der Waals surface area (Å²) in [6.45, 7) is 5.96. The summed E-state index contributed by atoms with van der Waals surface area (Å²) in [7, 11) is 0. The predicted octanol–water partition coefficient (Wildman–Crippen LogP) is 4.81. The lowest BCUT2D eigenvalue weighted by Crippen LogP contribution is -2.22. The lowest BCUT2D eigenvalue weighted by molar-refractivity contribution is -0.421. The van der Waals surface area contributed by atoms with Crippen molar-refractivity contribution in [2.24, 2.45) is 0 Å². The maximum absolute atomic E-state index is 12.1. The fourth-order valence-corrected chi connectivity index (χ4v) is 2.39. The van der Waals surface area contributed by atoms with Crippen molar-refractivity contribution >= 4 is 11.9 Å². The molecule has 0 aliphatic heterocycles. The largest absolute Gasteiger partial charge is 0.373 e. The van der Waals surface area contributed by atoms with Gasteiger partial charge >= 0.3 is 11.9 Å². The Labute approximate surface area is 165 Å². The summed E-state index contributed by atoms with van der Waals surface area (Å²) in [5.41, 5.74) is 2.95. The van der Waals surface area contributed by atoms with Crippen molar-refractivity contribution in [1.29, 1.82) is 0 Å². The van der Waals surface area contributed by atoms with Gasteiger partial charge in [0.05, 0.1) is 11.1 Å². The van der Waals surface area contributed by atoms with Gasteiger partial charge in [-0.3, -0.25) is 9.78 Å². The molecule has 2 aromatic carbocycles. The third kappa shape index (κ3) is 6.48. The lowest BCUT2D eigenvalue weighted by Gasteiger charge is -2.14. The molecule has 0 aromatic heterocycles. The van der Waals surface area contributed by atoms with E-state index in [1.165, 1.54) is 0 Å². The highest BCUT2D eigenvalue weighted by Crippen LogP contribution is 2.12. The molecule has 150 valence electrons. The molecule has 0 saturated carbocycles. The van der Waals surface area contributed by atoms with E-state index in [0.717, 1.165) is 24.0 Å². The van der Waals surface area contributed by atoms with E-state index in [2.05, 4.69) is 0 Å². The highest BCUT2D eigenvalue weighted by atomic mass is 17.3. The Hall–Kier alpha value is -2.70. The predicted molar refractivity (Wildman–Crippen MR) is 103 cm³/mol. The van der Waals surface area contributed by atoms with Crippen LogP contribution in [0.4, 0.5) is 0 Å². The van der Waals surface area contributed by atoms with Gasteiger partial charge in [0.1, 0.15) is 0 Å². The molecule has 0 heterocycles. The molecule has 0 aliphatic carbocycles. The van der Waals surface area contributed by atoms with Gasteiger partial charge in [-0.25, -0.2) is 9.59 Å². The van der Waals surface area contributed by atoms with E-state index in [9.17, 15) is 9.59 Å². The maximum atomic E-state index is 12.1. The first-order valence-corrected chi connectivity index (χ1v) is 9.50. The highest BCUT2D eigenvalue weighted by Gasteiger charge is 2.19. The van der Waals surface area contributed by atoms with Crippen LogP contribution >= 0.6 is 0 Å². The number of benzene rings is 2. The van der Waals surface area contributed by atoms with Crippen molar-refractivity contribution in [3.63, 3.8) is 0 Å². The molecular weight excluding hydrogens is 360 g/mol. The number of hydrogen-bond acceptors (Lipinski definition) is 6. The molecule has 2 rings (SSSR count). The van der Waals surface area contributed by atoms with Crippen LogP contribution in [0.15, 0.2) is 48.5 Å². The van der Waals surface area contributed by atoms with Crippen LogP contribution in [0.3, 0.4) is 0 Å². The highest BCUT2D eigenvalue weighted by molar-refractivity contribution is 5.89. The van der Waals surface area contributed by atoms with Crippen molar-refractivity contribution in [2.45, 2.75) is 52.7 Å². The quantitative estimate of drug-likeness (QED) is 0.331. The van der Waals surface area contributed by atoms with Crippen molar-refractivity contribution in [2.75, 3.05) is 0 Å². The molecule has 0 bridgehead atoms. The fourth-order valence-electron chi connectivity index (χ4n) is 2.39. The zero-order valence-electron chi connectivity index (χ0n) is 16.5. The lowest BCUT2D eigenvalue weighted by atomic mass is 10.1. The van der Waals surface area contributed by atoms with Gasteiger partial charge in [-0.1, -0.05) is 51.5 Å². The van der Waals surface area contributed by atoms with Gasteiger partial charge in [0.15, 0.2) is 0 Å². The van der Waals surface area contributed by atoms with Crippen LogP contribution < -0.4 is 0 Å². The van der Waals surface area contributed by atoms with Gasteiger partial charge in [0.2, 0.25) is 6.29 Å². The van der Waals surface area contributed by atoms with Crippen LogP contribution in [0.5, 0.6) is 0 Å². The van der Waals surface area contributed by atoms with E-state index < -0.39 is 18.2 Å². The minimum atomic E-state index is -1.01. The summed E-state index contributed by atoms with van der Waals surface area (Å²) in [5.74, 6) is -1.29. The van der Waals surface area contributed by atoms with E-state index in [-0.39, 0.29) is 0 Å². The molecule has 0 atom stereocenters. The molecule has 6 nitrogen and oxygen atoms in total. The maximum Gasteiger partial charge on any atom is 0.373 e. The van der Waals surface area contributed by atoms with E-state index in [1.54, 1.807) is 24.3 Å². The van der Waals surface area contributed by atoms with Crippen molar-refractivity contribution in [3.8, 4) is 0 Å². The Bertz CT molecular complexity index is 688. The second kappa shape index (κ2) is 11.2. The molecule has 6 heteroatoms. The summed E-state index contributed by atoms with van der Waals surface area (Å²) in [6.07, 6.45) is 1.80.